The van der Waals surface area contributed by atoms with Gasteiger partial charge in [0.15, 0.2) is 16.4 Å². The molecule has 0 saturated carbocycles. The molecule has 0 radical (unpaired) electrons. The van der Waals surface area contributed by atoms with Crippen molar-refractivity contribution < 1.29 is 27.1 Å². The Balaban J connectivity index is 1.61. The van der Waals surface area contributed by atoms with Crippen molar-refractivity contribution >= 4 is 21.8 Å². The molecular weight excluding hydrogens is 422 g/mol. The molecule has 2 aromatic carbocycles. The van der Waals surface area contributed by atoms with E-state index < -0.39 is 21.0 Å². The van der Waals surface area contributed by atoms with Gasteiger partial charge in [-0.1, -0.05) is 11.2 Å². The third-order valence-electron chi connectivity index (χ3n) is 4.21. The summed E-state index contributed by atoms with van der Waals surface area (Å²) < 4.78 is 40.9. The van der Waals surface area contributed by atoms with Crippen LogP contribution in [0.4, 0.5) is 6.01 Å². The second-order valence-electron chi connectivity index (χ2n) is 6.78. The lowest BCUT2D eigenvalue weighted by molar-refractivity contribution is -0.118. The first-order chi connectivity index (χ1) is 14.8. The highest BCUT2D eigenvalue weighted by Crippen LogP contribution is 2.25. The normalized spacial score (nSPS) is 11.4. The third kappa shape index (κ3) is 5.60. The lowest BCUT2D eigenvalue weighted by Gasteiger charge is -2.08. The minimum absolute atomic E-state index is 0.0866. The number of carbonyl (C=O) groups excluding carboxylic acids is 1. The number of hydrogen-bond donors (Lipinski definition) is 1. The summed E-state index contributed by atoms with van der Waals surface area (Å²) >= 11 is 0. The van der Waals surface area contributed by atoms with Crippen molar-refractivity contribution in [1.29, 1.82) is 0 Å². The van der Waals surface area contributed by atoms with Crippen LogP contribution >= 0.6 is 0 Å². The van der Waals surface area contributed by atoms with Gasteiger partial charge in [-0.3, -0.25) is 10.1 Å². The van der Waals surface area contributed by atoms with Crippen LogP contribution in [0.1, 0.15) is 20.8 Å². The molecule has 9 nitrogen and oxygen atoms in total. The number of anilines is 1. The molecular formula is C21H23N3O6S. The lowest BCUT2D eigenvalue weighted by Crippen LogP contribution is -2.20. The topological polar surface area (TPSA) is 121 Å². The molecule has 0 fully saturated rings. The highest BCUT2D eigenvalue weighted by atomic mass is 32.2. The molecule has 0 aliphatic carbocycles. The quantitative estimate of drug-likeness (QED) is 0.532. The molecule has 0 aliphatic rings. The van der Waals surface area contributed by atoms with Gasteiger partial charge in [0.05, 0.1) is 16.8 Å². The molecule has 0 spiro atoms. The van der Waals surface area contributed by atoms with E-state index in [1.165, 1.54) is 12.1 Å². The zero-order valence-corrected chi connectivity index (χ0v) is 18.2. The smallest absolute Gasteiger partial charge is 0.322 e. The Hall–Kier alpha value is -3.40. The predicted molar refractivity (Wildman–Crippen MR) is 114 cm³/mol. The summed E-state index contributed by atoms with van der Waals surface area (Å²) in [5.41, 5.74) is 0.431. The van der Waals surface area contributed by atoms with E-state index in [0.717, 1.165) is 0 Å². The van der Waals surface area contributed by atoms with Gasteiger partial charge in [0.1, 0.15) is 11.5 Å². The van der Waals surface area contributed by atoms with Crippen LogP contribution < -0.4 is 14.8 Å². The molecule has 0 bridgehead atoms. The molecule has 0 saturated heterocycles. The van der Waals surface area contributed by atoms with Gasteiger partial charge in [-0.2, -0.15) is 0 Å². The Morgan fingerprint density at radius 3 is 2.39 bits per heavy atom. The fourth-order valence-electron chi connectivity index (χ4n) is 2.57. The molecule has 3 aromatic rings. The molecule has 3 rings (SSSR count). The number of nitrogens with zero attached hydrogens (tertiary/aromatic N) is 2. The van der Waals surface area contributed by atoms with E-state index in [1.807, 2.05) is 6.92 Å². The summed E-state index contributed by atoms with van der Waals surface area (Å²) in [6.45, 7) is 5.41. The first-order valence-corrected chi connectivity index (χ1v) is 11.2. The standard InChI is InChI=1S/C21H23N3O6S/c1-4-28-16-8-10-17(11-9-16)29-13-19(25)22-21-24-23-20(30-21)15-6-5-7-18(12-15)31(26,27)14(2)3/h5-12,14H,4,13H2,1-3H3,(H,22,24,25). The second kappa shape index (κ2) is 9.61. The maximum Gasteiger partial charge on any atom is 0.322 e. The van der Waals surface area contributed by atoms with Gasteiger partial charge in [-0.05, 0) is 63.2 Å². The monoisotopic (exact) mass is 445 g/mol. The molecule has 1 N–H and O–H groups in total. The summed E-state index contributed by atoms with van der Waals surface area (Å²) in [4.78, 5) is 12.3. The molecule has 0 unspecified atom stereocenters. The van der Waals surface area contributed by atoms with E-state index in [1.54, 1.807) is 50.2 Å². The highest BCUT2D eigenvalue weighted by molar-refractivity contribution is 7.92. The van der Waals surface area contributed by atoms with Crippen molar-refractivity contribution in [3.63, 3.8) is 0 Å². The molecule has 1 amide bonds. The molecule has 31 heavy (non-hydrogen) atoms. The first-order valence-electron chi connectivity index (χ1n) is 9.63. The van der Waals surface area contributed by atoms with Crippen LogP contribution in [0.5, 0.6) is 11.5 Å². The van der Waals surface area contributed by atoms with Crippen LogP contribution in [-0.2, 0) is 14.6 Å². The Bertz CT molecular complexity index is 1140. The van der Waals surface area contributed by atoms with E-state index in [-0.39, 0.29) is 23.4 Å². The van der Waals surface area contributed by atoms with Crippen LogP contribution in [0, 0.1) is 0 Å². The maximum atomic E-state index is 12.4. The molecule has 10 heteroatoms. The SMILES string of the molecule is CCOc1ccc(OCC(=O)Nc2nnc(-c3cccc(S(=O)(=O)C(C)C)c3)o2)cc1. The van der Waals surface area contributed by atoms with E-state index in [0.29, 0.717) is 23.7 Å². The highest BCUT2D eigenvalue weighted by Gasteiger charge is 2.20. The molecule has 1 aromatic heterocycles. The number of ether oxygens (including phenoxy) is 2. The van der Waals surface area contributed by atoms with Crippen LogP contribution in [0.3, 0.4) is 0 Å². The number of nitrogens with one attached hydrogen (secondary N) is 1. The van der Waals surface area contributed by atoms with Gasteiger partial charge >= 0.3 is 6.01 Å². The summed E-state index contributed by atoms with van der Waals surface area (Å²) in [5, 5.41) is 9.54. The average molecular weight is 445 g/mol. The summed E-state index contributed by atoms with van der Waals surface area (Å²) in [6, 6.07) is 13.0. The number of sulfone groups is 1. The van der Waals surface area contributed by atoms with Gasteiger partial charge in [-0.15, -0.1) is 5.10 Å². The van der Waals surface area contributed by atoms with Crippen LogP contribution in [-0.4, -0.2) is 43.0 Å². The Labute approximate surface area is 180 Å². The fourth-order valence-corrected chi connectivity index (χ4v) is 3.68. The molecule has 1 heterocycles. The van der Waals surface area contributed by atoms with Crippen molar-refractivity contribution in [2.24, 2.45) is 0 Å². The predicted octanol–water partition coefficient (Wildman–Crippen LogP) is 3.33. The summed E-state index contributed by atoms with van der Waals surface area (Å²) in [7, 11) is -3.44. The number of rotatable bonds is 9. The number of benzene rings is 2. The zero-order valence-electron chi connectivity index (χ0n) is 17.4. The molecule has 0 aliphatic heterocycles. The van der Waals surface area contributed by atoms with Crippen LogP contribution in [0.2, 0.25) is 0 Å². The first kappa shape index (κ1) is 22.3. The van der Waals surface area contributed by atoms with E-state index in [9.17, 15) is 13.2 Å². The van der Waals surface area contributed by atoms with E-state index in [2.05, 4.69) is 15.5 Å². The minimum Gasteiger partial charge on any atom is -0.494 e. The largest absolute Gasteiger partial charge is 0.494 e. The zero-order chi connectivity index (χ0) is 22.4. The average Bonchev–Trinajstić information content (AvgIpc) is 3.22. The van der Waals surface area contributed by atoms with Crippen LogP contribution in [0.25, 0.3) is 11.5 Å². The van der Waals surface area contributed by atoms with Gasteiger partial charge in [0, 0.05) is 5.56 Å². The van der Waals surface area contributed by atoms with Crippen molar-refractivity contribution in [2.75, 3.05) is 18.5 Å². The third-order valence-corrected chi connectivity index (χ3v) is 6.36. The maximum absolute atomic E-state index is 12.4. The lowest BCUT2D eigenvalue weighted by atomic mass is 10.2. The van der Waals surface area contributed by atoms with Crippen molar-refractivity contribution in [3.05, 3.63) is 48.5 Å². The second-order valence-corrected chi connectivity index (χ2v) is 9.28. The van der Waals surface area contributed by atoms with Crippen molar-refractivity contribution in [1.82, 2.24) is 10.2 Å². The molecule has 164 valence electrons. The van der Waals surface area contributed by atoms with Gasteiger partial charge in [-0.25, -0.2) is 8.42 Å². The summed E-state index contributed by atoms with van der Waals surface area (Å²) in [5.74, 6) is 0.819. The number of amides is 1. The fraction of sp³-hybridized carbons (Fsp3) is 0.286. The van der Waals surface area contributed by atoms with Crippen molar-refractivity contribution in [3.8, 4) is 23.0 Å². The minimum atomic E-state index is -3.44. The Kier molecular flexibility index (Phi) is 6.91. The van der Waals surface area contributed by atoms with Gasteiger partial charge in [0.2, 0.25) is 5.89 Å². The van der Waals surface area contributed by atoms with Gasteiger partial charge < -0.3 is 13.9 Å². The van der Waals surface area contributed by atoms with E-state index in [4.69, 9.17) is 13.9 Å². The number of hydrogen-bond acceptors (Lipinski definition) is 8. The number of carbonyl (C=O) groups is 1. The van der Waals surface area contributed by atoms with E-state index >= 15 is 0 Å². The molecule has 0 atom stereocenters. The Morgan fingerprint density at radius 2 is 1.74 bits per heavy atom. The van der Waals surface area contributed by atoms with Crippen molar-refractivity contribution in [2.45, 2.75) is 30.9 Å². The number of aromatic nitrogens is 2. The van der Waals surface area contributed by atoms with Gasteiger partial charge in [0.25, 0.3) is 5.91 Å². The summed E-state index contributed by atoms with van der Waals surface area (Å²) in [6.07, 6.45) is 0. The van der Waals surface area contributed by atoms with Crippen LogP contribution in [0.15, 0.2) is 57.8 Å². The Morgan fingerprint density at radius 1 is 1.06 bits per heavy atom.